The van der Waals surface area contributed by atoms with Crippen molar-refractivity contribution in [3.63, 3.8) is 0 Å². The third-order valence-electron chi connectivity index (χ3n) is 6.26. The Morgan fingerprint density at radius 2 is 1.93 bits per heavy atom. The van der Waals surface area contributed by atoms with Crippen molar-refractivity contribution in [1.82, 2.24) is 9.80 Å². The van der Waals surface area contributed by atoms with E-state index in [0.29, 0.717) is 19.1 Å². The number of piperidine rings is 1. The van der Waals surface area contributed by atoms with Crippen molar-refractivity contribution >= 4 is 21.9 Å². The van der Waals surface area contributed by atoms with Gasteiger partial charge < -0.3 is 25.0 Å². The number of hydrogen-bond acceptors (Lipinski definition) is 4. The largest absolute Gasteiger partial charge is 0.491 e. The molecule has 3 N–H and O–H groups in total. The van der Waals surface area contributed by atoms with Crippen LogP contribution in [0.3, 0.4) is 0 Å². The Balaban J connectivity index is 1.41. The van der Waals surface area contributed by atoms with Crippen LogP contribution >= 0.6 is 15.9 Å². The lowest BCUT2D eigenvalue weighted by molar-refractivity contribution is 0.146. The topological polar surface area (TPSA) is 74.8 Å². The fourth-order valence-electron chi connectivity index (χ4n) is 4.46. The van der Waals surface area contributed by atoms with Crippen LogP contribution in [0, 0.1) is 17.2 Å². The molecule has 1 aromatic carbocycles. The normalized spacial score (nSPS) is 20.9. The van der Waals surface area contributed by atoms with Crippen molar-refractivity contribution in [1.29, 1.82) is 5.41 Å². The highest BCUT2D eigenvalue weighted by atomic mass is 79.9. The maximum absolute atomic E-state index is 7.56. The van der Waals surface area contributed by atoms with E-state index in [4.69, 9.17) is 20.6 Å². The van der Waals surface area contributed by atoms with E-state index in [0.717, 1.165) is 31.2 Å². The van der Waals surface area contributed by atoms with E-state index in [1.54, 1.807) is 7.11 Å². The molecule has 162 valence electrons. The van der Waals surface area contributed by atoms with Crippen LogP contribution in [0.25, 0.3) is 0 Å². The summed E-state index contributed by atoms with van der Waals surface area (Å²) < 4.78 is 12.0. The number of guanidine groups is 1. The molecule has 0 bridgehead atoms. The lowest BCUT2D eigenvalue weighted by Gasteiger charge is -2.32. The first kappa shape index (κ1) is 22.4. The van der Waals surface area contributed by atoms with Gasteiger partial charge in [0.25, 0.3) is 0 Å². The van der Waals surface area contributed by atoms with Gasteiger partial charge in [0.2, 0.25) is 0 Å². The molecule has 0 aromatic heterocycles. The first-order valence-corrected chi connectivity index (χ1v) is 11.6. The number of halogens is 1. The van der Waals surface area contributed by atoms with Gasteiger partial charge >= 0.3 is 0 Å². The van der Waals surface area contributed by atoms with Crippen LogP contribution in [-0.2, 0) is 11.2 Å². The maximum atomic E-state index is 7.56. The van der Waals surface area contributed by atoms with E-state index in [1.165, 1.54) is 55.4 Å². The molecule has 0 saturated carbocycles. The number of methoxy groups -OCH3 is 1. The van der Waals surface area contributed by atoms with E-state index < -0.39 is 0 Å². The molecular weight excluding hydrogens is 432 g/mol. The van der Waals surface area contributed by atoms with Gasteiger partial charge in [0.1, 0.15) is 12.4 Å². The van der Waals surface area contributed by atoms with Gasteiger partial charge in [-0.1, -0.05) is 15.9 Å². The second kappa shape index (κ2) is 11.2. The maximum Gasteiger partial charge on any atom is 0.188 e. The summed E-state index contributed by atoms with van der Waals surface area (Å²) in [5, 5.41) is 7.56. The number of nitrogens with zero attached hydrogens (tertiary/aromatic N) is 2. The van der Waals surface area contributed by atoms with E-state index in [-0.39, 0.29) is 5.96 Å². The molecule has 1 aromatic rings. The van der Waals surface area contributed by atoms with Crippen LogP contribution in [0.5, 0.6) is 5.75 Å². The Bertz CT molecular complexity index is 664. The van der Waals surface area contributed by atoms with Crippen molar-refractivity contribution < 1.29 is 9.47 Å². The molecule has 0 amide bonds. The van der Waals surface area contributed by atoms with Gasteiger partial charge in [0.15, 0.2) is 5.96 Å². The average molecular weight is 467 g/mol. The van der Waals surface area contributed by atoms with Gasteiger partial charge in [0.05, 0.1) is 6.61 Å². The van der Waals surface area contributed by atoms with Crippen LogP contribution in [-0.4, -0.2) is 68.8 Å². The smallest absolute Gasteiger partial charge is 0.188 e. The predicted molar refractivity (Wildman–Crippen MR) is 121 cm³/mol. The summed E-state index contributed by atoms with van der Waals surface area (Å²) in [6, 6.07) is 6.28. The van der Waals surface area contributed by atoms with Crippen molar-refractivity contribution in [2.75, 3.05) is 53.0 Å². The number of nitrogens with one attached hydrogen (secondary N) is 1. The zero-order chi connectivity index (χ0) is 20.6. The Kier molecular flexibility index (Phi) is 8.63. The Labute approximate surface area is 183 Å². The van der Waals surface area contributed by atoms with Gasteiger partial charge in [-0.3, -0.25) is 5.41 Å². The van der Waals surface area contributed by atoms with Gasteiger partial charge in [0, 0.05) is 31.2 Å². The Morgan fingerprint density at radius 3 is 2.66 bits per heavy atom. The van der Waals surface area contributed by atoms with Crippen molar-refractivity contribution in [2.45, 2.75) is 32.1 Å². The van der Waals surface area contributed by atoms with E-state index in [2.05, 4.69) is 33.0 Å². The predicted octanol–water partition coefficient (Wildman–Crippen LogP) is 3.33. The third kappa shape index (κ3) is 6.86. The Morgan fingerprint density at radius 1 is 1.17 bits per heavy atom. The zero-order valence-corrected chi connectivity index (χ0v) is 19.1. The van der Waals surface area contributed by atoms with E-state index in [1.807, 2.05) is 11.0 Å². The van der Waals surface area contributed by atoms with Gasteiger partial charge in [-0.15, -0.1) is 0 Å². The number of rotatable bonds is 9. The van der Waals surface area contributed by atoms with Crippen LogP contribution in [0.2, 0.25) is 0 Å². The number of benzene rings is 1. The van der Waals surface area contributed by atoms with Gasteiger partial charge in [-0.2, -0.15) is 0 Å². The summed E-state index contributed by atoms with van der Waals surface area (Å²) in [7, 11) is 1.69. The molecule has 2 heterocycles. The summed E-state index contributed by atoms with van der Waals surface area (Å²) in [5.74, 6) is 2.64. The number of likely N-dealkylation sites (tertiary alicyclic amines) is 2. The summed E-state index contributed by atoms with van der Waals surface area (Å²) in [6.45, 7) is 6.67. The van der Waals surface area contributed by atoms with Gasteiger partial charge in [-0.25, -0.2) is 0 Å². The fourth-order valence-corrected chi connectivity index (χ4v) is 4.87. The van der Waals surface area contributed by atoms with Crippen LogP contribution in [0.4, 0.5) is 0 Å². The molecule has 0 spiro atoms. The molecule has 0 aliphatic carbocycles. The number of nitrogens with two attached hydrogens (primary N) is 1. The summed E-state index contributed by atoms with van der Waals surface area (Å²) in [4.78, 5) is 4.63. The minimum atomic E-state index is 0.227. The highest BCUT2D eigenvalue weighted by molar-refractivity contribution is 9.10. The molecule has 2 aliphatic heterocycles. The summed E-state index contributed by atoms with van der Waals surface area (Å²) >= 11 is 3.71. The SMILES string of the molecule is COCCOc1ccc(Br)c(CC2CCN(CCC3CCN(C(=N)N)CC3)C2)c1. The molecule has 2 fully saturated rings. The van der Waals surface area contributed by atoms with Crippen LogP contribution in [0.1, 0.15) is 31.2 Å². The highest BCUT2D eigenvalue weighted by Gasteiger charge is 2.25. The number of ether oxygens (including phenoxy) is 2. The molecule has 2 saturated heterocycles. The average Bonchev–Trinajstić information content (AvgIpc) is 3.17. The quantitative estimate of drug-likeness (QED) is 0.331. The van der Waals surface area contributed by atoms with Crippen molar-refractivity contribution in [3.05, 3.63) is 28.2 Å². The minimum Gasteiger partial charge on any atom is -0.491 e. The molecular formula is C22H35BrN4O2. The first-order valence-electron chi connectivity index (χ1n) is 10.8. The fraction of sp³-hybridized carbons (Fsp3) is 0.682. The standard InChI is InChI=1S/C22H35BrN4O2/c1-28-12-13-29-20-2-3-21(23)19(15-20)14-18-5-9-26(16-18)8-4-17-6-10-27(11-7-17)22(24)25/h2-3,15,17-18H,4-14,16H2,1H3,(H3,24,25). The van der Waals surface area contributed by atoms with Crippen LogP contribution in [0.15, 0.2) is 22.7 Å². The molecule has 1 unspecified atom stereocenters. The van der Waals surface area contributed by atoms with E-state index >= 15 is 0 Å². The monoisotopic (exact) mass is 466 g/mol. The minimum absolute atomic E-state index is 0.227. The first-order chi connectivity index (χ1) is 14.0. The molecule has 0 radical (unpaired) electrons. The highest BCUT2D eigenvalue weighted by Crippen LogP contribution is 2.29. The molecule has 3 rings (SSSR count). The lowest BCUT2D eigenvalue weighted by atomic mass is 9.93. The molecule has 1 atom stereocenters. The third-order valence-corrected chi connectivity index (χ3v) is 7.03. The summed E-state index contributed by atoms with van der Waals surface area (Å²) in [6.07, 6.45) is 5.96. The molecule has 2 aliphatic rings. The number of hydrogen-bond donors (Lipinski definition) is 2. The molecule has 6 nitrogen and oxygen atoms in total. The van der Waals surface area contributed by atoms with Crippen molar-refractivity contribution in [3.8, 4) is 5.75 Å². The lowest BCUT2D eigenvalue weighted by Crippen LogP contribution is -2.42. The second-order valence-corrected chi connectivity index (χ2v) is 9.21. The van der Waals surface area contributed by atoms with Crippen molar-refractivity contribution in [2.24, 2.45) is 17.6 Å². The van der Waals surface area contributed by atoms with E-state index in [9.17, 15) is 0 Å². The zero-order valence-electron chi connectivity index (χ0n) is 17.5. The van der Waals surface area contributed by atoms with Gasteiger partial charge in [-0.05, 0) is 80.8 Å². The second-order valence-electron chi connectivity index (χ2n) is 8.36. The molecule has 7 heteroatoms. The van der Waals surface area contributed by atoms with Crippen LogP contribution < -0.4 is 10.5 Å². The Hall–Kier alpha value is -1.31. The summed E-state index contributed by atoms with van der Waals surface area (Å²) in [5.41, 5.74) is 6.94. The molecule has 29 heavy (non-hydrogen) atoms.